The van der Waals surface area contributed by atoms with Gasteiger partial charge in [0.1, 0.15) is 6.04 Å². The Hall–Kier alpha value is -0.570. The summed E-state index contributed by atoms with van der Waals surface area (Å²) in [6.07, 6.45) is 2.92. The molecule has 3 nitrogen and oxygen atoms in total. The van der Waals surface area contributed by atoms with Crippen LogP contribution in [0.3, 0.4) is 0 Å². The monoisotopic (exact) mass is 215 g/mol. The highest BCUT2D eigenvalue weighted by Gasteiger charge is 2.18. The van der Waals surface area contributed by atoms with Crippen molar-refractivity contribution in [1.82, 2.24) is 5.32 Å². The van der Waals surface area contributed by atoms with Gasteiger partial charge in [0.05, 0.1) is 0 Å². The normalized spacial score (nSPS) is 13.5. The molecule has 0 aliphatic heterocycles. The van der Waals surface area contributed by atoms with E-state index in [0.29, 0.717) is 18.3 Å². The first-order valence-electron chi connectivity index (χ1n) is 5.97. The fourth-order valence-corrected chi connectivity index (χ4v) is 1.63. The Labute approximate surface area is 93.3 Å². The number of aliphatic carboxylic acids is 1. The maximum absolute atomic E-state index is 11.0. The second kappa shape index (κ2) is 7.69. The second-order valence-corrected chi connectivity index (χ2v) is 4.61. The van der Waals surface area contributed by atoms with Crippen LogP contribution in [0, 0.1) is 11.8 Å². The van der Waals surface area contributed by atoms with Gasteiger partial charge in [0, 0.05) is 0 Å². The van der Waals surface area contributed by atoms with Crippen LogP contribution in [0.2, 0.25) is 0 Å². The van der Waals surface area contributed by atoms with Crippen molar-refractivity contribution >= 4 is 5.97 Å². The highest BCUT2D eigenvalue weighted by molar-refractivity contribution is 5.73. The lowest BCUT2D eigenvalue weighted by Crippen LogP contribution is -2.40. The lowest BCUT2D eigenvalue weighted by molar-refractivity contribution is -0.140. The van der Waals surface area contributed by atoms with E-state index >= 15 is 0 Å². The van der Waals surface area contributed by atoms with Crippen molar-refractivity contribution in [1.29, 1.82) is 0 Å². The van der Waals surface area contributed by atoms with Crippen LogP contribution in [0.15, 0.2) is 0 Å². The zero-order valence-electron chi connectivity index (χ0n) is 10.4. The molecule has 0 aromatic heterocycles. The summed E-state index contributed by atoms with van der Waals surface area (Å²) in [4.78, 5) is 11.0. The minimum atomic E-state index is -0.727. The van der Waals surface area contributed by atoms with Gasteiger partial charge in [0.2, 0.25) is 0 Å². The molecule has 3 heteroatoms. The summed E-state index contributed by atoms with van der Waals surface area (Å²) in [6.45, 7) is 9.21. The quantitative estimate of drug-likeness (QED) is 0.654. The molecule has 0 fully saturated rings. The molecule has 0 aliphatic carbocycles. The molecule has 0 aromatic carbocycles. The van der Waals surface area contributed by atoms with E-state index in [2.05, 4.69) is 33.0 Å². The predicted molar refractivity (Wildman–Crippen MR) is 63.0 cm³/mol. The van der Waals surface area contributed by atoms with E-state index in [0.717, 1.165) is 19.4 Å². The Bertz CT molecular complexity index is 176. The van der Waals surface area contributed by atoms with E-state index in [9.17, 15) is 4.79 Å². The molecule has 0 aromatic rings. The van der Waals surface area contributed by atoms with Crippen LogP contribution >= 0.6 is 0 Å². The SMILES string of the molecule is CCC(CC)CNC(CC(C)C)C(=O)O. The van der Waals surface area contributed by atoms with Crippen LogP contribution in [-0.4, -0.2) is 23.7 Å². The number of rotatable bonds is 8. The molecule has 0 heterocycles. The van der Waals surface area contributed by atoms with Gasteiger partial charge < -0.3 is 10.4 Å². The predicted octanol–water partition coefficient (Wildman–Crippen LogP) is 2.51. The summed E-state index contributed by atoms with van der Waals surface area (Å²) in [5, 5.41) is 12.2. The summed E-state index contributed by atoms with van der Waals surface area (Å²) in [7, 11) is 0. The van der Waals surface area contributed by atoms with Gasteiger partial charge in [-0.3, -0.25) is 4.79 Å². The molecule has 1 unspecified atom stereocenters. The average molecular weight is 215 g/mol. The number of carbonyl (C=O) groups is 1. The molecule has 0 bridgehead atoms. The molecule has 0 saturated heterocycles. The van der Waals surface area contributed by atoms with Gasteiger partial charge in [-0.05, 0) is 24.8 Å². The van der Waals surface area contributed by atoms with Gasteiger partial charge in [-0.15, -0.1) is 0 Å². The van der Waals surface area contributed by atoms with Crippen LogP contribution in [0.4, 0.5) is 0 Å². The molecule has 0 rings (SSSR count). The summed E-state index contributed by atoms with van der Waals surface area (Å²) in [6, 6.07) is -0.384. The Balaban J connectivity index is 4.00. The zero-order valence-corrected chi connectivity index (χ0v) is 10.4. The van der Waals surface area contributed by atoms with E-state index in [1.54, 1.807) is 0 Å². The van der Waals surface area contributed by atoms with Gasteiger partial charge in [0.25, 0.3) is 0 Å². The fourth-order valence-electron chi connectivity index (χ4n) is 1.63. The molecule has 1 atom stereocenters. The smallest absolute Gasteiger partial charge is 0.320 e. The summed E-state index contributed by atoms with van der Waals surface area (Å²) < 4.78 is 0. The largest absolute Gasteiger partial charge is 0.480 e. The Kier molecular flexibility index (Phi) is 7.39. The van der Waals surface area contributed by atoms with Crippen LogP contribution < -0.4 is 5.32 Å². The van der Waals surface area contributed by atoms with E-state index in [1.807, 2.05) is 0 Å². The molecule has 0 aliphatic rings. The Morgan fingerprint density at radius 2 is 1.80 bits per heavy atom. The van der Waals surface area contributed by atoms with E-state index in [1.165, 1.54) is 0 Å². The molecule has 15 heavy (non-hydrogen) atoms. The Morgan fingerprint density at radius 1 is 1.27 bits per heavy atom. The summed E-state index contributed by atoms with van der Waals surface area (Å²) >= 11 is 0. The van der Waals surface area contributed by atoms with Gasteiger partial charge in [-0.25, -0.2) is 0 Å². The van der Waals surface area contributed by atoms with E-state index in [4.69, 9.17) is 5.11 Å². The molecule has 0 spiro atoms. The molecular weight excluding hydrogens is 190 g/mol. The third-order valence-electron chi connectivity index (χ3n) is 2.81. The van der Waals surface area contributed by atoms with E-state index < -0.39 is 5.97 Å². The van der Waals surface area contributed by atoms with Crippen LogP contribution in [0.5, 0.6) is 0 Å². The van der Waals surface area contributed by atoms with Gasteiger partial charge in [0.15, 0.2) is 0 Å². The fraction of sp³-hybridized carbons (Fsp3) is 0.917. The van der Waals surface area contributed by atoms with Gasteiger partial charge in [-0.2, -0.15) is 0 Å². The third-order valence-corrected chi connectivity index (χ3v) is 2.81. The topological polar surface area (TPSA) is 49.3 Å². The minimum absolute atomic E-state index is 0.384. The van der Waals surface area contributed by atoms with Crippen LogP contribution in [0.25, 0.3) is 0 Å². The first-order chi connectivity index (χ1) is 7.01. The number of carboxylic acids is 1. The molecule has 2 N–H and O–H groups in total. The number of hydrogen-bond donors (Lipinski definition) is 2. The van der Waals surface area contributed by atoms with Crippen molar-refractivity contribution in [3.8, 4) is 0 Å². The van der Waals surface area contributed by atoms with Crippen molar-refractivity contribution in [2.75, 3.05) is 6.54 Å². The maximum Gasteiger partial charge on any atom is 0.320 e. The summed E-state index contributed by atoms with van der Waals surface area (Å²) in [5.74, 6) is 0.286. The number of hydrogen-bond acceptors (Lipinski definition) is 2. The highest BCUT2D eigenvalue weighted by atomic mass is 16.4. The zero-order chi connectivity index (χ0) is 11.8. The lowest BCUT2D eigenvalue weighted by Gasteiger charge is -2.20. The van der Waals surface area contributed by atoms with Crippen molar-refractivity contribution in [3.05, 3.63) is 0 Å². The van der Waals surface area contributed by atoms with E-state index in [-0.39, 0.29) is 6.04 Å². The first-order valence-corrected chi connectivity index (χ1v) is 5.97. The Morgan fingerprint density at radius 3 is 2.13 bits per heavy atom. The highest BCUT2D eigenvalue weighted by Crippen LogP contribution is 2.09. The lowest BCUT2D eigenvalue weighted by atomic mass is 10.0. The van der Waals surface area contributed by atoms with Gasteiger partial charge >= 0.3 is 5.97 Å². The summed E-state index contributed by atoms with van der Waals surface area (Å²) in [5.41, 5.74) is 0. The third kappa shape index (κ3) is 6.50. The first kappa shape index (κ1) is 14.4. The van der Waals surface area contributed by atoms with Crippen molar-refractivity contribution < 1.29 is 9.90 Å². The molecule has 0 radical (unpaired) electrons. The van der Waals surface area contributed by atoms with Crippen LogP contribution in [0.1, 0.15) is 47.0 Å². The molecule has 0 saturated carbocycles. The number of nitrogens with one attached hydrogen (secondary N) is 1. The average Bonchev–Trinajstić information content (AvgIpc) is 2.16. The van der Waals surface area contributed by atoms with Crippen molar-refractivity contribution in [3.63, 3.8) is 0 Å². The molecule has 90 valence electrons. The maximum atomic E-state index is 11.0. The van der Waals surface area contributed by atoms with Crippen molar-refractivity contribution in [2.45, 2.75) is 53.0 Å². The minimum Gasteiger partial charge on any atom is -0.480 e. The van der Waals surface area contributed by atoms with Crippen LogP contribution in [-0.2, 0) is 4.79 Å². The van der Waals surface area contributed by atoms with Gasteiger partial charge in [-0.1, -0.05) is 40.5 Å². The molecule has 0 amide bonds. The standard InChI is InChI=1S/C12H25NO2/c1-5-10(6-2)8-13-11(12(14)15)7-9(3)4/h9-11,13H,5-8H2,1-4H3,(H,14,15). The second-order valence-electron chi connectivity index (χ2n) is 4.61. The van der Waals surface area contributed by atoms with Crippen molar-refractivity contribution in [2.24, 2.45) is 11.8 Å². The molecular formula is C12H25NO2. The number of carboxylic acid groups (broad SMARTS) is 1.